The van der Waals surface area contributed by atoms with Crippen LogP contribution < -0.4 is 5.32 Å². The molecular weight excluding hydrogens is 182 g/mol. The summed E-state index contributed by atoms with van der Waals surface area (Å²) in [6.45, 7) is 8.08. The molecule has 0 aromatic heterocycles. The van der Waals surface area contributed by atoms with E-state index in [1.807, 2.05) is 11.8 Å². The Morgan fingerprint density at radius 1 is 1.38 bits per heavy atom. The molecule has 2 unspecified atom stereocenters. The van der Waals surface area contributed by atoms with Gasteiger partial charge in [0, 0.05) is 17.9 Å². The van der Waals surface area contributed by atoms with Gasteiger partial charge in [0.2, 0.25) is 0 Å². The molecule has 0 aromatic carbocycles. The largest absolute Gasteiger partial charge is 0.396 e. The molecule has 2 atom stereocenters. The first kappa shape index (κ1) is 13.3. The summed E-state index contributed by atoms with van der Waals surface area (Å²) < 4.78 is 0. The van der Waals surface area contributed by atoms with E-state index >= 15 is 0 Å². The summed E-state index contributed by atoms with van der Waals surface area (Å²) in [6.07, 6.45) is 2.11. The van der Waals surface area contributed by atoms with Crippen molar-refractivity contribution in [2.75, 3.05) is 18.9 Å². The molecular formula is C10H23NOS. The highest BCUT2D eigenvalue weighted by Gasteiger charge is 2.10. The Morgan fingerprint density at radius 3 is 2.62 bits per heavy atom. The summed E-state index contributed by atoms with van der Waals surface area (Å²) in [4.78, 5) is 0. The Hall–Kier alpha value is 0.270. The third-order valence-corrected chi connectivity index (χ3v) is 3.56. The maximum atomic E-state index is 8.63. The lowest BCUT2D eigenvalue weighted by Crippen LogP contribution is -2.34. The zero-order valence-electron chi connectivity index (χ0n) is 9.05. The van der Waals surface area contributed by atoms with E-state index in [0.29, 0.717) is 17.9 Å². The Bertz CT molecular complexity index is 111. The van der Waals surface area contributed by atoms with Crippen molar-refractivity contribution in [3.05, 3.63) is 0 Å². The number of hydrogen-bond donors (Lipinski definition) is 2. The predicted octanol–water partition coefficient (Wildman–Crippen LogP) is 1.88. The highest BCUT2D eigenvalue weighted by molar-refractivity contribution is 7.99. The Balaban J connectivity index is 3.38. The molecule has 0 saturated heterocycles. The lowest BCUT2D eigenvalue weighted by Gasteiger charge is -2.20. The summed E-state index contributed by atoms with van der Waals surface area (Å²) >= 11 is 1.94. The molecule has 0 spiro atoms. The van der Waals surface area contributed by atoms with Gasteiger partial charge < -0.3 is 10.4 Å². The van der Waals surface area contributed by atoms with Crippen LogP contribution in [0.15, 0.2) is 0 Å². The number of rotatable bonds is 8. The molecule has 0 radical (unpaired) electrons. The van der Waals surface area contributed by atoms with Crippen LogP contribution in [0.1, 0.15) is 33.6 Å². The molecule has 0 aliphatic rings. The maximum Gasteiger partial charge on any atom is 0.0438 e. The monoisotopic (exact) mass is 205 g/mol. The van der Waals surface area contributed by atoms with E-state index in [1.54, 1.807) is 0 Å². The van der Waals surface area contributed by atoms with E-state index in [4.69, 9.17) is 5.11 Å². The zero-order chi connectivity index (χ0) is 10.1. The fourth-order valence-corrected chi connectivity index (χ4v) is 2.07. The predicted molar refractivity (Wildman–Crippen MR) is 61.4 cm³/mol. The molecule has 0 aromatic rings. The van der Waals surface area contributed by atoms with Crippen LogP contribution >= 0.6 is 11.8 Å². The van der Waals surface area contributed by atoms with Gasteiger partial charge in [-0.2, -0.15) is 11.8 Å². The minimum absolute atomic E-state index is 0.316. The zero-order valence-corrected chi connectivity index (χ0v) is 9.86. The van der Waals surface area contributed by atoms with Crippen molar-refractivity contribution in [1.82, 2.24) is 5.32 Å². The average molecular weight is 205 g/mol. The second kappa shape index (κ2) is 8.85. The standard InChI is InChI=1S/C10H23NOS/c1-4-6-11-9(2)10(3)13-8-5-7-12/h9-12H,4-8H2,1-3H3. The average Bonchev–Trinajstić information content (AvgIpc) is 2.14. The molecule has 0 fully saturated rings. The molecule has 0 rings (SSSR count). The molecule has 0 amide bonds. The van der Waals surface area contributed by atoms with Crippen LogP contribution in [0.3, 0.4) is 0 Å². The van der Waals surface area contributed by atoms with E-state index < -0.39 is 0 Å². The van der Waals surface area contributed by atoms with E-state index in [-0.39, 0.29) is 0 Å². The van der Waals surface area contributed by atoms with Crippen molar-refractivity contribution in [3.8, 4) is 0 Å². The number of hydrogen-bond acceptors (Lipinski definition) is 3. The summed E-state index contributed by atoms with van der Waals surface area (Å²) in [7, 11) is 0. The minimum atomic E-state index is 0.316. The number of aliphatic hydroxyl groups excluding tert-OH is 1. The van der Waals surface area contributed by atoms with Crippen LogP contribution in [-0.2, 0) is 0 Å². The van der Waals surface area contributed by atoms with Gasteiger partial charge in [-0.1, -0.05) is 13.8 Å². The molecule has 0 aliphatic carbocycles. The summed E-state index contributed by atoms with van der Waals surface area (Å²) in [5.74, 6) is 1.07. The number of aliphatic hydroxyl groups is 1. The van der Waals surface area contributed by atoms with Crippen LogP contribution in [0.4, 0.5) is 0 Å². The van der Waals surface area contributed by atoms with Gasteiger partial charge in [0.15, 0.2) is 0 Å². The molecule has 3 heteroatoms. The summed E-state index contributed by atoms with van der Waals surface area (Å²) in [6, 6.07) is 0.573. The summed E-state index contributed by atoms with van der Waals surface area (Å²) in [5, 5.41) is 12.7. The fraction of sp³-hybridized carbons (Fsp3) is 1.00. The molecule has 0 aliphatic heterocycles. The first-order valence-corrected chi connectivity index (χ1v) is 6.23. The lowest BCUT2D eigenvalue weighted by molar-refractivity contribution is 0.296. The van der Waals surface area contributed by atoms with Crippen LogP contribution in [0.25, 0.3) is 0 Å². The number of nitrogens with one attached hydrogen (secondary N) is 1. The van der Waals surface area contributed by atoms with E-state index in [9.17, 15) is 0 Å². The maximum absolute atomic E-state index is 8.63. The number of thioether (sulfide) groups is 1. The van der Waals surface area contributed by atoms with E-state index in [0.717, 1.165) is 18.7 Å². The molecule has 0 saturated carbocycles. The van der Waals surface area contributed by atoms with Gasteiger partial charge in [0.1, 0.15) is 0 Å². The Labute approximate surface area is 86.5 Å². The second-order valence-corrected chi connectivity index (χ2v) is 4.88. The minimum Gasteiger partial charge on any atom is -0.396 e. The highest BCUT2D eigenvalue weighted by Crippen LogP contribution is 2.14. The van der Waals surface area contributed by atoms with Crippen molar-refractivity contribution >= 4 is 11.8 Å². The van der Waals surface area contributed by atoms with Crippen molar-refractivity contribution in [1.29, 1.82) is 0 Å². The van der Waals surface area contributed by atoms with Gasteiger partial charge in [-0.05, 0) is 32.1 Å². The van der Waals surface area contributed by atoms with Gasteiger partial charge in [-0.3, -0.25) is 0 Å². The van der Waals surface area contributed by atoms with Gasteiger partial charge in [0.25, 0.3) is 0 Å². The van der Waals surface area contributed by atoms with Crippen molar-refractivity contribution in [3.63, 3.8) is 0 Å². The quantitative estimate of drug-likeness (QED) is 0.593. The van der Waals surface area contributed by atoms with Crippen molar-refractivity contribution in [2.45, 2.75) is 44.9 Å². The fourth-order valence-electron chi connectivity index (χ4n) is 1.02. The third kappa shape index (κ3) is 7.35. The van der Waals surface area contributed by atoms with Crippen LogP contribution in [-0.4, -0.2) is 35.3 Å². The lowest BCUT2D eigenvalue weighted by atomic mass is 10.2. The second-order valence-electron chi connectivity index (χ2n) is 3.40. The van der Waals surface area contributed by atoms with Crippen molar-refractivity contribution in [2.24, 2.45) is 0 Å². The first-order valence-electron chi connectivity index (χ1n) is 5.18. The van der Waals surface area contributed by atoms with E-state index in [2.05, 4.69) is 26.1 Å². The molecule has 80 valence electrons. The molecule has 0 bridgehead atoms. The van der Waals surface area contributed by atoms with Crippen LogP contribution in [0, 0.1) is 0 Å². The van der Waals surface area contributed by atoms with Crippen molar-refractivity contribution < 1.29 is 5.11 Å². The Morgan fingerprint density at radius 2 is 2.08 bits per heavy atom. The molecule has 2 N–H and O–H groups in total. The van der Waals surface area contributed by atoms with Gasteiger partial charge in [0.05, 0.1) is 0 Å². The third-order valence-electron chi connectivity index (χ3n) is 2.10. The molecule has 2 nitrogen and oxygen atoms in total. The normalized spacial score (nSPS) is 15.7. The van der Waals surface area contributed by atoms with E-state index in [1.165, 1.54) is 6.42 Å². The van der Waals surface area contributed by atoms with Crippen LogP contribution in [0.5, 0.6) is 0 Å². The molecule has 13 heavy (non-hydrogen) atoms. The van der Waals surface area contributed by atoms with Crippen LogP contribution in [0.2, 0.25) is 0 Å². The Kier molecular flexibility index (Phi) is 9.03. The van der Waals surface area contributed by atoms with Gasteiger partial charge in [-0.15, -0.1) is 0 Å². The first-order chi connectivity index (χ1) is 6.22. The molecule has 0 heterocycles. The van der Waals surface area contributed by atoms with Gasteiger partial charge in [-0.25, -0.2) is 0 Å². The highest BCUT2D eigenvalue weighted by atomic mass is 32.2. The van der Waals surface area contributed by atoms with Gasteiger partial charge >= 0.3 is 0 Å². The summed E-state index contributed by atoms with van der Waals surface area (Å²) in [5.41, 5.74) is 0. The smallest absolute Gasteiger partial charge is 0.0438 e. The topological polar surface area (TPSA) is 32.3 Å². The SMILES string of the molecule is CCCNC(C)C(C)SCCCO.